The van der Waals surface area contributed by atoms with Gasteiger partial charge in [0.25, 0.3) is 5.56 Å². The molecular formula is C31H33Br2N3O4. The molecule has 0 unspecified atom stereocenters. The predicted octanol–water partition coefficient (Wildman–Crippen LogP) is 8.10. The molecule has 0 aliphatic heterocycles. The van der Waals surface area contributed by atoms with Gasteiger partial charge in [0.15, 0.2) is 17.3 Å². The second kappa shape index (κ2) is 13.0. The zero-order chi connectivity index (χ0) is 29.0. The fraction of sp³-hybridized carbons (Fsp3) is 0.323. The minimum atomic E-state index is -0.262. The summed E-state index contributed by atoms with van der Waals surface area (Å²) in [6.45, 7) is 13.6. The van der Waals surface area contributed by atoms with E-state index in [9.17, 15) is 4.79 Å². The van der Waals surface area contributed by atoms with Gasteiger partial charge in [-0.2, -0.15) is 9.78 Å². The number of aryl methyl sites for hydroxylation is 1. The number of para-hydroxylation sites is 1. The lowest BCUT2D eigenvalue weighted by molar-refractivity contribution is 0.286. The lowest BCUT2D eigenvalue weighted by Crippen LogP contribution is -2.21. The Kier molecular flexibility index (Phi) is 9.68. The molecule has 1 aromatic heterocycles. The van der Waals surface area contributed by atoms with E-state index < -0.39 is 0 Å². The maximum atomic E-state index is 13.8. The Bertz CT molecular complexity index is 1630. The minimum Gasteiger partial charge on any atom is -0.494 e. The molecule has 0 aliphatic carbocycles. The van der Waals surface area contributed by atoms with E-state index in [0.29, 0.717) is 58.1 Å². The number of nitrogens with zero attached hydrogens (tertiary/aromatic N) is 3. The Morgan fingerprint density at radius 1 is 0.950 bits per heavy atom. The van der Waals surface area contributed by atoms with Crippen molar-refractivity contribution in [2.45, 2.75) is 47.5 Å². The van der Waals surface area contributed by atoms with E-state index in [2.05, 4.69) is 51.8 Å². The van der Waals surface area contributed by atoms with E-state index >= 15 is 0 Å². The third kappa shape index (κ3) is 5.95. The van der Waals surface area contributed by atoms with Crippen molar-refractivity contribution >= 4 is 49.0 Å². The van der Waals surface area contributed by atoms with Gasteiger partial charge in [-0.15, -0.1) is 0 Å². The summed E-state index contributed by atoms with van der Waals surface area (Å²) in [5.41, 5.74) is 3.84. The van der Waals surface area contributed by atoms with Crippen LogP contribution >= 0.6 is 31.9 Å². The average molecular weight is 671 g/mol. The molecule has 0 fully saturated rings. The van der Waals surface area contributed by atoms with Crippen LogP contribution in [0.2, 0.25) is 0 Å². The SMILES string of the molecule is CCOc1cc(C)c(-c2nc3ccccc3c(=O)n2N=Cc2cc(OCC)c(OCC)c(Br)c2Br)cc1C(C)C. The summed E-state index contributed by atoms with van der Waals surface area (Å²) >= 11 is 7.27. The summed E-state index contributed by atoms with van der Waals surface area (Å²) in [4.78, 5) is 18.7. The number of fused-ring (bicyclic) bond motifs is 1. The van der Waals surface area contributed by atoms with Crippen molar-refractivity contribution in [3.8, 4) is 28.6 Å². The van der Waals surface area contributed by atoms with Gasteiger partial charge >= 0.3 is 0 Å². The molecule has 0 saturated heterocycles. The zero-order valence-electron chi connectivity index (χ0n) is 23.5. The van der Waals surface area contributed by atoms with Crippen LogP contribution < -0.4 is 19.8 Å². The van der Waals surface area contributed by atoms with Crippen molar-refractivity contribution in [3.05, 3.63) is 78.5 Å². The topological polar surface area (TPSA) is 74.9 Å². The number of rotatable bonds is 10. The van der Waals surface area contributed by atoms with Crippen molar-refractivity contribution in [1.29, 1.82) is 0 Å². The maximum Gasteiger partial charge on any atom is 0.282 e. The molecule has 0 amide bonds. The lowest BCUT2D eigenvalue weighted by Gasteiger charge is -2.18. The van der Waals surface area contributed by atoms with Crippen LogP contribution in [-0.2, 0) is 0 Å². The Morgan fingerprint density at radius 3 is 2.30 bits per heavy atom. The van der Waals surface area contributed by atoms with E-state index in [4.69, 9.17) is 24.3 Å². The normalized spacial score (nSPS) is 11.5. The molecule has 0 N–H and O–H groups in total. The first-order valence-electron chi connectivity index (χ1n) is 13.3. The van der Waals surface area contributed by atoms with E-state index in [0.717, 1.165) is 26.9 Å². The highest BCUT2D eigenvalue weighted by atomic mass is 79.9. The van der Waals surface area contributed by atoms with Gasteiger partial charge < -0.3 is 14.2 Å². The number of halogens is 2. The summed E-state index contributed by atoms with van der Waals surface area (Å²) in [7, 11) is 0. The highest BCUT2D eigenvalue weighted by Gasteiger charge is 2.20. The fourth-order valence-electron chi connectivity index (χ4n) is 4.44. The van der Waals surface area contributed by atoms with Gasteiger partial charge in [0.1, 0.15) is 5.75 Å². The van der Waals surface area contributed by atoms with Gasteiger partial charge in [-0.1, -0.05) is 26.0 Å². The molecule has 9 heteroatoms. The second-order valence-corrected chi connectivity index (χ2v) is 11.0. The van der Waals surface area contributed by atoms with Crippen LogP contribution in [0.15, 0.2) is 61.3 Å². The summed E-state index contributed by atoms with van der Waals surface area (Å²) in [5.74, 6) is 2.68. The Balaban J connectivity index is 1.97. The highest BCUT2D eigenvalue weighted by molar-refractivity contribution is 9.13. The first-order chi connectivity index (χ1) is 19.2. The fourth-order valence-corrected chi connectivity index (χ4v) is 5.37. The predicted molar refractivity (Wildman–Crippen MR) is 169 cm³/mol. The van der Waals surface area contributed by atoms with Crippen molar-refractivity contribution in [1.82, 2.24) is 9.66 Å². The van der Waals surface area contributed by atoms with E-state index in [1.54, 1.807) is 12.3 Å². The van der Waals surface area contributed by atoms with Crippen molar-refractivity contribution in [3.63, 3.8) is 0 Å². The summed E-state index contributed by atoms with van der Waals surface area (Å²) in [6.07, 6.45) is 1.63. The smallest absolute Gasteiger partial charge is 0.282 e. The second-order valence-electron chi connectivity index (χ2n) is 9.39. The van der Waals surface area contributed by atoms with Crippen LogP contribution in [0.1, 0.15) is 57.2 Å². The van der Waals surface area contributed by atoms with E-state index in [-0.39, 0.29) is 11.5 Å². The van der Waals surface area contributed by atoms with Gasteiger partial charge in [-0.3, -0.25) is 4.79 Å². The molecule has 4 rings (SSSR count). The van der Waals surface area contributed by atoms with Crippen LogP contribution in [-0.4, -0.2) is 35.7 Å². The summed E-state index contributed by atoms with van der Waals surface area (Å²) < 4.78 is 20.4. The van der Waals surface area contributed by atoms with E-state index in [1.807, 2.05) is 58.0 Å². The van der Waals surface area contributed by atoms with Crippen molar-refractivity contribution in [2.24, 2.45) is 5.10 Å². The molecule has 1 heterocycles. The molecule has 40 heavy (non-hydrogen) atoms. The molecule has 3 aromatic carbocycles. The monoisotopic (exact) mass is 669 g/mol. The van der Waals surface area contributed by atoms with Crippen LogP contribution in [0, 0.1) is 6.92 Å². The number of hydrogen-bond donors (Lipinski definition) is 0. The van der Waals surface area contributed by atoms with Crippen molar-refractivity contribution < 1.29 is 14.2 Å². The van der Waals surface area contributed by atoms with Gasteiger partial charge in [0, 0.05) is 15.6 Å². The first-order valence-corrected chi connectivity index (χ1v) is 14.9. The van der Waals surface area contributed by atoms with Crippen LogP contribution in [0.3, 0.4) is 0 Å². The largest absolute Gasteiger partial charge is 0.494 e. The highest BCUT2D eigenvalue weighted by Crippen LogP contribution is 2.42. The summed E-state index contributed by atoms with van der Waals surface area (Å²) in [5, 5.41) is 5.18. The lowest BCUT2D eigenvalue weighted by atomic mass is 9.96. The molecule has 0 aliphatic rings. The summed E-state index contributed by atoms with van der Waals surface area (Å²) in [6, 6.07) is 13.2. The molecule has 0 spiro atoms. The third-order valence-electron chi connectivity index (χ3n) is 6.33. The zero-order valence-corrected chi connectivity index (χ0v) is 26.7. The van der Waals surface area contributed by atoms with Gasteiger partial charge in [0.2, 0.25) is 0 Å². The quantitative estimate of drug-likeness (QED) is 0.159. The standard InChI is InChI=1S/C31H33Br2N3O4/c1-7-38-25-14-19(6)23(16-22(25)18(4)5)30-35-24-13-11-10-12-21(24)31(37)36(30)34-17-20-15-26(39-8-2)29(40-9-3)28(33)27(20)32/h10-18H,7-9H2,1-6H3. The Hall–Kier alpha value is -3.17. The van der Waals surface area contributed by atoms with Crippen molar-refractivity contribution in [2.75, 3.05) is 19.8 Å². The average Bonchev–Trinajstić information content (AvgIpc) is 2.93. The number of benzene rings is 3. The van der Waals surface area contributed by atoms with Crippen LogP contribution in [0.25, 0.3) is 22.3 Å². The molecule has 0 radical (unpaired) electrons. The molecule has 7 nitrogen and oxygen atoms in total. The number of aromatic nitrogens is 2. The molecule has 4 aromatic rings. The Morgan fingerprint density at radius 2 is 1.62 bits per heavy atom. The minimum absolute atomic E-state index is 0.208. The molecule has 0 atom stereocenters. The van der Waals surface area contributed by atoms with Gasteiger partial charge in [0.05, 0.1) is 41.4 Å². The first kappa shape index (κ1) is 29.8. The van der Waals surface area contributed by atoms with Gasteiger partial charge in [-0.05, 0) is 107 Å². The Labute approximate surface area is 251 Å². The maximum absolute atomic E-state index is 13.8. The van der Waals surface area contributed by atoms with E-state index in [1.165, 1.54) is 4.68 Å². The molecular weight excluding hydrogens is 638 g/mol. The molecule has 210 valence electrons. The number of hydrogen-bond acceptors (Lipinski definition) is 6. The third-order valence-corrected chi connectivity index (χ3v) is 8.47. The molecule has 0 saturated carbocycles. The van der Waals surface area contributed by atoms with Crippen LogP contribution in [0.5, 0.6) is 17.2 Å². The van der Waals surface area contributed by atoms with Gasteiger partial charge in [-0.25, -0.2) is 4.98 Å². The number of ether oxygens (including phenoxy) is 3. The van der Waals surface area contributed by atoms with Crippen LogP contribution in [0.4, 0.5) is 0 Å². The molecule has 0 bridgehead atoms.